The van der Waals surface area contributed by atoms with Gasteiger partial charge in [0.25, 0.3) is 0 Å². The van der Waals surface area contributed by atoms with E-state index in [9.17, 15) is 4.79 Å². The molecular weight excluding hydrogens is 310 g/mol. The van der Waals surface area contributed by atoms with Crippen LogP contribution in [0.15, 0.2) is 22.8 Å². The summed E-state index contributed by atoms with van der Waals surface area (Å²) in [5.41, 5.74) is 7.95. The first kappa shape index (κ1) is 13.5. The van der Waals surface area contributed by atoms with Gasteiger partial charge in [0.05, 0.1) is 21.5 Å². The molecule has 2 heterocycles. The monoisotopic (exact) mass is 323 g/mol. The van der Waals surface area contributed by atoms with Crippen LogP contribution in [0.25, 0.3) is 0 Å². The standard InChI is InChI=1S/C12H14BrN5O/c1-7-11(14)8(2)18(17-7)6-10(19)16-12-9(13)4-3-5-15-12/h3-5H,6,14H2,1-2H3,(H,15,16,19). The fourth-order valence-electron chi connectivity index (χ4n) is 1.65. The lowest BCUT2D eigenvalue weighted by Gasteiger charge is -2.07. The lowest BCUT2D eigenvalue weighted by molar-refractivity contribution is -0.117. The summed E-state index contributed by atoms with van der Waals surface area (Å²) in [6.07, 6.45) is 1.61. The molecule has 0 bridgehead atoms. The molecule has 0 spiro atoms. The third-order valence-electron chi connectivity index (χ3n) is 2.75. The molecule has 0 saturated heterocycles. The molecule has 3 N–H and O–H groups in total. The van der Waals surface area contributed by atoms with Crippen LogP contribution in [0.3, 0.4) is 0 Å². The number of nitrogens with zero attached hydrogens (tertiary/aromatic N) is 3. The summed E-state index contributed by atoms with van der Waals surface area (Å²) >= 11 is 3.32. The van der Waals surface area contributed by atoms with E-state index < -0.39 is 0 Å². The molecule has 0 saturated carbocycles. The molecule has 0 aliphatic rings. The van der Waals surface area contributed by atoms with E-state index in [2.05, 4.69) is 31.3 Å². The highest BCUT2D eigenvalue weighted by atomic mass is 79.9. The number of aromatic nitrogens is 3. The summed E-state index contributed by atoms with van der Waals surface area (Å²) in [5.74, 6) is 0.284. The highest BCUT2D eigenvalue weighted by Crippen LogP contribution is 2.19. The summed E-state index contributed by atoms with van der Waals surface area (Å²) in [5, 5.41) is 6.93. The number of rotatable bonds is 3. The number of nitrogens with two attached hydrogens (primary N) is 1. The van der Waals surface area contributed by atoms with Crippen molar-refractivity contribution in [2.45, 2.75) is 20.4 Å². The molecule has 0 aliphatic heterocycles. The van der Waals surface area contributed by atoms with Gasteiger partial charge in [-0.2, -0.15) is 5.10 Å². The van der Waals surface area contributed by atoms with Gasteiger partial charge < -0.3 is 11.1 Å². The Bertz CT molecular complexity index is 623. The molecule has 0 aromatic carbocycles. The van der Waals surface area contributed by atoms with Gasteiger partial charge in [0.1, 0.15) is 12.4 Å². The SMILES string of the molecule is Cc1nn(CC(=O)Nc2ncccc2Br)c(C)c1N. The second-order valence-electron chi connectivity index (χ2n) is 4.12. The van der Waals surface area contributed by atoms with Crippen LogP contribution in [0.4, 0.5) is 11.5 Å². The Balaban J connectivity index is 2.10. The molecule has 2 aromatic rings. The molecule has 0 radical (unpaired) electrons. The average Bonchev–Trinajstić information content (AvgIpc) is 2.60. The van der Waals surface area contributed by atoms with Gasteiger partial charge in [-0.3, -0.25) is 9.48 Å². The summed E-state index contributed by atoms with van der Waals surface area (Å²) in [7, 11) is 0. The highest BCUT2D eigenvalue weighted by molar-refractivity contribution is 9.10. The molecule has 19 heavy (non-hydrogen) atoms. The minimum atomic E-state index is -0.204. The second kappa shape index (κ2) is 5.40. The predicted molar refractivity (Wildman–Crippen MR) is 76.7 cm³/mol. The number of hydrogen-bond acceptors (Lipinski definition) is 4. The van der Waals surface area contributed by atoms with Crippen molar-refractivity contribution in [3.05, 3.63) is 34.2 Å². The van der Waals surface area contributed by atoms with Crippen molar-refractivity contribution in [3.8, 4) is 0 Å². The number of nitrogen functional groups attached to an aromatic ring is 1. The Hall–Kier alpha value is -1.89. The third kappa shape index (κ3) is 2.93. The molecule has 100 valence electrons. The Morgan fingerprint density at radius 2 is 2.26 bits per heavy atom. The first-order valence-electron chi connectivity index (χ1n) is 5.69. The lowest BCUT2D eigenvalue weighted by Crippen LogP contribution is -2.21. The number of anilines is 2. The molecule has 2 rings (SSSR count). The molecule has 0 aliphatic carbocycles. The number of carbonyl (C=O) groups excluding carboxylic acids is 1. The Morgan fingerprint density at radius 1 is 1.53 bits per heavy atom. The molecular formula is C12H14BrN5O. The maximum Gasteiger partial charge on any atom is 0.247 e. The summed E-state index contributed by atoms with van der Waals surface area (Å²) < 4.78 is 2.31. The van der Waals surface area contributed by atoms with Gasteiger partial charge in [0.15, 0.2) is 0 Å². The molecule has 2 aromatic heterocycles. The number of halogens is 1. The van der Waals surface area contributed by atoms with Crippen molar-refractivity contribution in [1.82, 2.24) is 14.8 Å². The van der Waals surface area contributed by atoms with Gasteiger partial charge in [-0.1, -0.05) is 0 Å². The van der Waals surface area contributed by atoms with Gasteiger partial charge >= 0.3 is 0 Å². The lowest BCUT2D eigenvalue weighted by atomic mass is 10.3. The molecule has 0 fully saturated rings. The van der Waals surface area contributed by atoms with Gasteiger partial charge in [-0.25, -0.2) is 4.98 Å². The summed E-state index contributed by atoms with van der Waals surface area (Å²) in [6.45, 7) is 3.75. The Kier molecular flexibility index (Phi) is 3.84. The molecule has 6 nitrogen and oxygen atoms in total. The average molecular weight is 324 g/mol. The second-order valence-corrected chi connectivity index (χ2v) is 4.98. The van der Waals surface area contributed by atoms with Crippen molar-refractivity contribution in [2.75, 3.05) is 11.1 Å². The maximum absolute atomic E-state index is 11.9. The minimum absolute atomic E-state index is 0.104. The van der Waals surface area contributed by atoms with Crippen molar-refractivity contribution in [2.24, 2.45) is 0 Å². The fraction of sp³-hybridized carbons (Fsp3) is 0.250. The molecule has 0 unspecified atom stereocenters. The van der Waals surface area contributed by atoms with E-state index in [1.807, 2.05) is 19.9 Å². The van der Waals surface area contributed by atoms with E-state index in [0.29, 0.717) is 11.5 Å². The van der Waals surface area contributed by atoms with Crippen LogP contribution >= 0.6 is 15.9 Å². The number of amides is 1. The van der Waals surface area contributed by atoms with Crippen LogP contribution in [-0.2, 0) is 11.3 Å². The van der Waals surface area contributed by atoms with Crippen LogP contribution in [0.5, 0.6) is 0 Å². The number of nitrogens with one attached hydrogen (secondary N) is 1. The van der Waals surface area contributed by atoms with Crippen molar-refractivity contribution in [1.29, 1.82) is 0 Å². The summed E-state index contributed by atoms with van der Waals surface area (Å²) in [6, 6.07) is 3.59. The molecule has 0 atom stereocenters. The van der Waals surface area contributed by atoms with Crippen LogP contribution < -0.4 is 11.1 Å². The zero-order chi connectivity index (χ0) is 14.0. The van der Waals surface area contributed by atoms with Crippen molar-refractivity contribution in [3.63, 3.8) is 0 Å². The zero-order valence-electron chi connectivity index (χ0n) is 10.6. The zero-order valence-corrected chi connectivity index (χ0v) is 12.2. The fourth-order valence-corrected chi connectivity index (χ4v) is 2.00. The van der Waals surface area contributed by atoms with E-state index in [4.69, 9.17) is 5.73 Å². The number of aryl methyl sites for hydroxylation is 1. The number of pyridine rings is 1. The minimum Gasteiger partial charge on any atom is -0.396 e. The topological polar surface area (TPSA) is 85.8 Å². The molecule has 1 amide bonds. The van der Waals surface area contributed by atoms with Crippen LogP contribution in [0.1, 0.15) is 11.4 Å². The largest absolute Gasteiger partial charge is 0.396 e. The number of carbonyl (C=O) groups is 1. The quantitative estimate of drug-likeness (QED) is 0.903. The molecule has 7 heteroatoms. The predicted octanol–water partition coefficient (Wildman–Crippen LogP) is 1.88. The van der Waals surface area contributed by atoms with Gasteiger partial charge in [-0.15, -0.1) is 0 Å². The van der Waals surface area contributed by atoms with E-state index in [1.165, 1.54) is 0 Å². The van der Waals surface area contributed by atoms with E-state index in [1.54, 1.807) is 16.9 Å². The van der Waals surface area contributed by atoms with Crippen molar-refractivity contribution < 1.29 is 4.79 Å². The van der Waals surface area contributed by atoms with E-state index in [-0.39, 0.29) is 12.5 Å². The maximum atomic E-state index is 11.9. The van der Waals surface area contributed by atoms with Crippen molar-refractivity contribution >= 4 is 33.3 Å². The summed E-state index contributed by atoms with van der Waals surface area (Å²) in [4.78, 5) is 16.0. The van der Waals surface area contributed by atoms with Gasteiger partial charge in [0.2, 0.25) is 5.91 Å². The Morgan fingerprint density at radius 3 is 2.84 bits per heavy atom. The Labute approximate surface area is 119 Å². The van der Waals surface area contributed by atoms with Crippen LogP contribution in [0.2, 0.25) is 0 Å². The first-order valence-corrected chi connectivity index (χ1v) is 6.48. The van der Waals surface area contributed by atoms with E-state index in [0.717, 1.165) is 15.9 Å². The van der Waals surface area contributed by atoms with Gasteiger partial charge in [-0.05, 0) is 41.9 Å². The van der Waals surface area contributed by atoms with Gasteiger partial charge in [0, 0.05) is 6.20 Å². The van der Waals surface area contributed by atoms with Crippen LogP contribution in [-0.4, -0.2) is 20.7 Å². The number of hydrogen-bond donors (Lipinski definition) is 2. The van der Waals surface area contributed by atoms with E-state index >= 15 is 0 Å². The normalized spacial score (nSPS) is 10.5. The first-order chi connectivity index (χ1) is 8.99. The van der Waals surface area contributed by atoms with Crippen LogP contribution in [0, 0.1) is 13.8 Å². The smallest absolute Gasteiger partial charge is 0.247 e. The highest BCUT2D eigenvalue weighted by Gasteiger charge is 2.12. The third-order valence-corrected chi connectivity index (χ3v) is 3.39.